The van der Waals surface area contributed by atoms with Gasteiger partial charge in [0.05, 0.1) is 12.2 Å². The van der Waals surface area contributed by atoms with Crippen LogP contribution in [-0.2, 0) is 9.53 Å². The van der Waals surface area contributed by atoms with Crippen molar-refractivity contribution in [3.63, 3.8) is 0 Å². The molecule has 0 spiro atoms. The summed E-state index contributed by atoms with van der Waals surface area (Å²) in [4.78, 5) is 11.1. The minimum atomic E-state index is -0.297. The highest BCUT2D eigenvalue weighted by molar-refractivity contribution is 5.89. The third-order valence-corrected chi connectivity index (χ3v) is 1.41. The Kier molecular flexibility index (Phi) is 3.35. The Bertz CT molecular complexity index is 211. The Labute approximate surface area is 71.3 Å². The number of nitrogens with one attached hydrogen (secondary N) is 2. The molecule has 0 amide bonds. The molecule has 66 valence electrons. The van der Waals surface area contributed by atoms with Gasteiger partial charge in [-0.05, 0) is 0 Å². The van der Waals surface area contributed by atoms with Crippen molar-refractivity contribution in [2.45, 2.75) is 0 Å². The quantitative estimate of drug-likeness (QED) is 0.450. The summed E-state index contributed by atoms with van der Waals surface area (Å²) in [5.74, 6) is -0.297. The molecule has 0 fully saturated rings. The maximum atomic E-state index is 11.1. The lowest BCUT2D eigenvalue weighted by atomic mass is 10.2. The fraction of sp³-hybridized carbons (Fsp3) is 0.375. The zero-order valence-electron chi connectivity index (χ0n) is 6.80. The molecular weight excluding hydrogens is 156 g/mol. The summed E-state index contributed by atoms with van der Waals surface area (Å²) >= 11 is 0. The molecule has 0 aliphatic carbocycles. The SMILES string of the molecule is C=CCOC(=O)C1=CNCNC1. The van der Waals surface area contributed by atoms with E-state index in [0.29, 0.717) is 18.8 Å². The van der Waals surface area contributed by atoms with Crippen molar-refractivity contribution < 1.29 is 9.53 Å². The second-order valence-electron chi connectivity index (χ2n) is 2.36. The van der Waals surface area contributed by atoms with Crippen LogP contribution in [0.4, 0.5) is 0 Å². The van der Waals surface area contributed by atoms with Crippen molar-refractivity contribution in [1.82, 2.24) is 10.6 Å². The molecule has 0 atom stereocenters. The maximum Gasteiger partial charge on any atom is 0.337 e. The standard InChI is InChI=1S/C8H12N2O2/c1-2-3-12-8(11)7-4-9-6-10-5-7/h2,4,9-10H,1,3,5-6H2. The fourth-order valence-corrected chi connectivity index (χ4v) is 0.853. The second kappa shape index (κ2) is 4.56. The van der Waals surface area contributed by atoms with Gasteiger partial charge in [0.15, 0.2) is 0 Å². The summed E-state index contributed by atoms with van der Waals surface area (Å²) in [6.45, 7) is 4.96. The van der Waals surface area contributed by atoms with E-state index in [1.165, 1.54) is 0 Å². The first-order valence-electron chi connectivity index (χ1n) is 3.75. The van der Waals surface area contributed by atoms with Crippen molar-refractivity contribution in [2.24, 2.45) is 0 Å². The third kappa shape index (κ3) is 2.39. The molecule has 0 aromatic heterocycles. The van der Waals surface area contributed by atoms with E-state index >= 15 is 0 Å². The van der Waals surface area contributed by atoms with Gasteiger partial charge in [0.2, 0.25) is 0 Å². The van der Waals surface area contributed by atoms with E-state index < -0.39 is 0 Å². The van der Waals surface area contributed by atoms with Crippen LogP contribution in [0.1, 0.15) is 0 Å². The molecule has 1 heterocycles. The van der Waals surface area contributed by atoms with Gasteiger partial charge in [0.25, 0.3) is 0 Å². The lowest BCUT2D eigenvalue weighted by Gasteiger charge is -2.14. The number of esters is 1. The minimum Gasteiger partial charge on any atom is -0.458 e. The monoisotopic (exact) mass is 168 g/mol. The Morgan fingerprint density at radius 2 is 2.67 bits per heavy atom. The average Bonchev–Trinajstić information content (AvgIpc) is 2.15. The fourth-order valence-electron chi connectivity index (χ4n) is 0.853. The topological polar surface area (TPSA) is 50.4 Å². The molecule has 4 nitrogen and oxygen atoms in total. The van der Waals surface area contributed by atoms with Crippen LogP contribution in [0.2, 0.25) is 0 Å². The van der Waals surface area contributed by atoms with Gasteiger partial charge >= 0.3 is 5.97 Å². The number of rotatable bonds is 3. The Morgan fingerprint density at radius 3 is 3.25 bits per heavy atom. The largest absolute Gasteiger partial charge is 0.458 e. The molecule has 0 saturated carbocycles. The van der Waals surface area contributed by atoms with Crippen LogP contribution in [0.5, 0.6) is 0 Å². The van der Waals surface area contributed by atoms with E-state index in [1.54, 1.807) is 12.3 Å². The summed E-state index contributed by atoms with van der Waals surface area (Å²) < 4.78 is 4.83. The molecule has 1 rings (SSSR count). The molecule has 0 unspecified atom stereocenters. The van der Waals surface area contributed by atoms with E-state index in [0.717, 1.165) is 0 Å². The second-order valence-corrected chi connectivity index (χ2v) is 2.36. The van der Waals surface area contributed by atoms with E-state index in [4.69, 9.17) is 4.74 Å². The van der Waals surface area contributed by atoms with Crippen LogP contribution >= 0.6 is 0 Å². The summed E-state index contributed by atoms with van der Waals surface area (Å²) in [5.41, 5.74) is 0.614. The van der Waals surface area contributed by atoms with Crippen LogP contribution in [0.15, 0.2) is 24.4 Å². The summed E-state index contributed by atoms with van der Waals surface area (Å²) in [5, 5.41) is 5.88. The first kappa shape index (κ1) is 8.80. The van der Waals surface area contributed by atoms with Crippen LogP contribution in [-0.4, -0.2) is 25.8 Å². The zero-order valence-corrected chi connectivity index (χ0v) is 6.80. The van der Waals surface area contributed by atoms with Gasteiger partial charge in [0, 0.05) is 12.7 Å². The molecule has 1 aliphatic rings. The lowest BCUT2D eigenvalue weighted by molar-refractivity contribution is -0.137. The first-order valence-corrected chi connectivity index (χ1v) is 3.75. The molecule has 0 radical (unpaired) electrons. The van der Waals surface area contributed by atoms with Gasteiger partial charge < -0.3 is 10.1 Å². The van der Waals surface area contributed by atoms with Crippen LogP contribution in [0, 0.1) is 0 Å². The molecule has 2 N–H and O–H groups in total. The number of carbonyl (C=O) groups excluding carboxylic acids is 1. The smallest absolute Gasteiger partial charge is 0.337 e. The molecule has 0 aromatic rings. The number of hydrogen-bond acceptors (Lipinski definition) is 4. The normalized spacial score (nSPS) is 15.8. The van der Waals surface area contributed by atoms with E-state index in [1.807, 2.05) is 0 Å². The van der Waals surface area contributed by atoms with Crippen molar-refractivity contribution in [1.29, 1.82) is 0 Å². The molecular formula is C8H12N2O2. The summed E-state index contributed by atoms with van der Waals surface area (Å²) in [7, 11) is 0. The summed E-state index contributed by atoms with van der Waals surface area (Å²) in [6, 6.07) is 0. The van der Waals surface area contributed by atoms with Crippen molar-refractivity contribution in [2.75, 3.05) is 19.8 Å². The first-order chi connectivity index (χ1) is 5.84. The molecule has 0 saturated heterocycles. The zero-order chi connectivity index (χ0) is 8.81. The minimum absolute atomic E-state index is 0.260. The Balaban J connectivity index is 2.39. The van der Waals surface area contributed by atoms with Crippen LogP contribution in [0.3, 0.4) is 0 Å². The third-order valence-electron chi connectivity index (χ3n) is 1.41. The highest BCUT2D eigenvalue weighted by Gasteiger charge is 2.11. The Hall–Kier alpha value is -1.29. The van der Waals surface area contributed by atoms with Crippen LogP contribution in [0.25, 0.3) is 0 Å². The maximum absolute atomic E-state index is 11.1. The predicted octanol–water partition coefficient (Wildman–Crippen LogP) is -0.250. The van der Waals surface area contributed by atoms with Gasteiger partial charge in [-0.3, -0.25) is 5.32 Å². The highest BCUT2D eigenvalue weighted by Crippen LogP contribution is 1.97. The number of ether oxygens (including phenoxy) is 1. The molecule has 1 aliphatic heterocycles. The average molecular weight is 168 g/mol. The van der Waals surface area contributed by atoms with E-state index in [2.05, 4.69) is 17.2 Å². The summed E-state index contributed by atoms with van der Waals surface area (Å²) in [6.07, 6.45) is 3.21. The van der Waals surface area contributed by atoms with Gasteiger partial charge in [0.1, 0.15) is 6.61 Å². The van der Waals surface area contributed by atoms with E-state index in [9.17, 15) is 4.79 Å². The number of carbonyl (C=O) groups is 1. The Morgan fingerprint density at radius 1 is 1.83 bits per heavy atom. The molecule has 0 aromatic carbocycles. The van der Waals surface area contributed by atoms with Gasteiger partial charge in [-0.2, -0.15) is 0 Å². The predicted molar refractivity (Wildman–Crippen MR) is 45.2 cm³/mol. The molecule has 12 heavy (non-hydrogen) atoms. The number of hydrogen-bond donors (Lipinski definition) is 2. The van der Waals surface area contributed by atoms with Crippen molar-refractivity contribution >= 4 is 5.97 Å². The van der Waals surface area contributed by atoms with Crippen molar-refractivity contribution in [3.05, 3.63) is 24.4 Å². The van der Waals surface area contributed by atoms with Gasteiger partial charge in [-0.25, -0.2) is 4.79 Å². The molecule has 0 bridgehead atoms. The van der Waals surface area contributed by atoms with Crippen LogP contribution < -0.4 is 10.6 Å². The molecule has 4 heteroatoms. The van der Waals surface area contributed by atoms with Crippen molar-refractivity contribution in [3.8, 4) is 0 Å². The van der Waals surface area contributed by atoms with Gasteiger partial charge in [-0.15, -0.1) is 0 Å². The highest BCUT2D eigenvalue weighted by atomic mass is 16.5. The lowest BCUT2D eigenvalue weighted by Crippen LogP contribution is -2.35. The van der Waals surface area contributed by atoms with E-state index in [-0.39, 0.29) is 12.6 Å². The van der Waals surface area contributed by atoms with Gasteiger partial charge in [-0.1, -0.05) is 12.7 Å².